The Hall–Kier alpha value is -1.71. The summed E-state index contributed by atoms with van der Waals surface area (Å²) in [6.07, 6.45) is 2.21. The molecular weight excluding hydrogens is 221 g/mol. The van der Waals surface area contributed by atoms with Gasteiger partial charge in [-0.15, -0.1) is 0 Å². The largest absolute Gasteiger partial charge is 0.346 e. The lowest BCUT2D eigenvalue weighted by atomic mass is 10.1. The molecule has 0 spiro atoms. The van der Waals surface area contributed by atoms with Crippen LogP contribution in [0.25, 0.3) is 0 Å². The van der Waals surface area contributed by atoms with Crippen LogP contribution in [0.1, 0.15) is 24.8 Å². The standard InChI is InChI=1S/C13H14FNO2/c14-10-4-1-3-9(7-10)8-13(17)15-11-5-2-6-12(11)16/h1,3-4,7,11H,2,5-6,8H2,(H,15,17)/t11-/m1/s1. The summed E-state index contributed by atoms with van der Waals surface area (Å²) in [5, 5.41) is 2.69. The summed E-state index contributed by atoms with van der Waals surface area (Å²) in [4.78, 5) is 23.0. The Morgan fingerprint density at radius 2 is 2.29 bits per heavy atom. The van der Waals surface area contributed by atoms with Crippen LogP contribution in [0.15, 0.2) is 24.3 Å². The third kappa shape index (κ3) is 3.12. The maximum Gasteiger partial charge on any atom is 0.225 e. The summed E-state index contributed by atoms with van der Waals surface area (Å²) in [6, 6.07) is 5.59. The van der Waals surface area contributed by atoms with Crippen LogP contribution in [0.4, 0.5) is 4.39 Å². The van der Waals surface area contributed by atoms with E-state index in [9.17, 15) is 14.0 Å². The van der Waals surface area contributed by atoms with Crippen molar-refractivity contribution in [3.05, 3.63) is 35.6 Å². The Labute approximate surface area is 99.0 Å². The second kappa shape index (κ2) is 5.08. The maximum absolute atomic E-state index is 12.9. The van der Waals surface area contributed by atoms with Crippen LogP contribution in [-0.2, 0) is 16.0 Å². The van der Waals surface area contributed by atoms with Gasteiger partial charge < -0.3 is 5.32 Å². The number of carbonyl (C=O) groups excluding carboxylic acids is 2. The fraction of sp³-hybridized carbons (Fsp3) is 0.385. The molecule has 1 aliphatic rings. The smallest absolute Gasteiger partial charge is 0.225 e. The van der Waals surface area contributed by atoms with Crippen molar-refractivity contribution in [2.45, 2.75) is 31.7 Å². The highest BCUT2D eigenvalue weighted by Gasteiger charge is 2.25. The number of carbonyl (C=O) groups is 2. The fourth-order valence-corrected chi connectivity index (χ4v) is 2.05. The van der Waals surface area contributed by atoms with Crippen LogP contribution in [-0.4, -0.2) is 17.7 Å². The van der Waals surface area contributed by atoms with E-state index in [2.05, 4.69) is 5.32 Å². The number of Topliss-reactive ketones (excluding diaryl/α,β-unsaturated/α-hetero) is 1. The van der Waals surface area contributed by atoms with Crippen molar-refractivity contribution in [3.63, 3.8) is 0 Å². The molecule has 0 aromatic heterocycles. The van der Waals surface area contributed by atoms with E-state index in [-0.39, 0.29) is 30.0 Å². The fourth-order valence-electron chi connectivity index (χ4n) is 2.05. The number of rotatable bonds is 3. The molecule has 1 N–H and O–H groups in total. The minimum atomic E-state index is -0.354. The van der Waals surface area contributed by atoms with Gasteiger partial charge >= 0.3 is 0 Å². The van der Waals surface area contributed by atoms with Gasteiger partial charge in [0.1, 0.15) is 5.82 Å². The van der Waals surface area contributed by atoms with Crippen LogP contribution < -0.4 is 5.32 Å². The van der Waals surface area contributed by atoms with E-state index in [0.29, 0.717) is 18.4 Å². The quantitative estimate of drug-likeness (QED) is 0.865. The van der Waals surface area contributed by atoms with Crippen molar-refractivity contribution in [2.75, 3.05) is 0 Å². The Kier molecular flexibility index (Phi) is 3.52. The molecule has 90 valence electrons. The molecule has 1 fully saturated rings. The zero-order chi connectivity index (χ0) is 12.3. The first kappa shape index (κ1) is 11.8. The molecular formula is C13H14FNO2. The molecule has 4 heteroatoms. The van der Waals surface area contributed by atoms with Crippen LogP contribution in [0.3, 0.4) is 0 Å². The van der Waals surface area contributed by atoms with Crippen LogP contribution >= 0.6 is 0 Å². The van der Waals surface area contributed by atoms with Gasteiger partial charge in [-0.3, -0.25) is 9.59 Å². The molecule has 0 heterocycles. The van der Waals surface area contributed by atoms with Gasteiger partial charge in [-0.05, 0) is 30.5 Å². The molecule has 3 nitrogen and oxygen atoms in total. The first-order valence-electron chi connectivity index (χ1n) is 5.71. The summed E-state index contributed by atoms with van der Waals surface area (Å²) in [6.45, 7) is 0. The molecule has 1 aliphatic carbocycles. The molecule has 0 unspecified atom stereocenters. The van der Waals surface area contributed by atoms with Gasteiger partial charge in [-0.1, -0.05) is 12.1 Å². The van der Waals surface area contributed by atoms with Crippen LogP contribution in [0, 0.1) is 5.82 Å². The lowest BCUT2D eigenvalue weighted by molar-refractivity contribution is -0.126. The van der Waals surface area contributed by atoms with E-state index in [0.717, 1.165) is 6.42 Å². The first-order valence-corrected chi connectivity index (χ1v) is 5.71. The normalized spacial score (nSPS) is 19.4. The predicted molar refractivity (Wildman–Crippen MR) is 60.9 cm³/mol. The Morgan fingerprint density at radius 1 is 1.47 bits per heavy atom. The summed E-state index contributed by atoms with van der Waals surface area (Å²) in [5.74, 6) is -0.485. The number of nitrogens with one attached hydrogen (secondary N) is 1. The van der Waals surface area contributed by atoms with E-state index < -0.39 is 0 Å². The highest BCUT2D eigenvalue weighted by Crippen LogP contribution is 2.14. The molecule has 1 amide bonds. The average molecular weight is 235 g/mol. The number of amides is 1. The van der Waals surface area contributed by atoms with Gasteiger partial charge in [0.15, 0.2) is 5.78 Å². The van der Waals surface area contributed by atoms with E-state index >= 15 is 0 Å². The second-order valence-electron chi connectivity index (χ2n) is 4.29. The lowest BCUT2D eigenvalue weighted by Crippen LogP contribution is -2.38. The van der Waals surface area contributed by atoms with Gasteiger partial charge in [0.25, 0.3) is 0 Å². The molecule has 1 saturated carbocycles. The molecule has 0 saturated heterocycles. The minimum Gasteiger partial charge on any atom is -0.346 e. The van der Waals surface area contributed by atoms with Crippen LogP contribution in [0.2, 0.25) is 0 Å². The minimum absolute atomic E-state index is 0.0950. The zero-order valence-electron chi connectivity index (χ0n) is 9.41. The molecule has 0 radical (unpaired) electrons. The summed E-state index contributed by atoms with van der Waals surface area (Å²) < 4.78 is 12.9. The van der Waals surface area contributed by atoms with Crippen molar-refractivity contribution >= 4 is 11.7 Å². The Morgan fingerprint density at radius 3 is 2.94 bits per heavy atom. The van der Waals surface area contributed by atoms with Crippen molar-refractivity contribution in [2.24, 2.45) is 0 Å². The topological polar surface area (TPSA) is 46.2 Å². The third-order valence-corrected chi connectivity index (χ3v) is 2.89. The van der Waals surface area contributed by atoms with Gasteiger partial charge in [0.2, 0.25) is 5.91 Å². The maximum atomic E-state index is 12.9. The molecule has 0 bridgehead atoms. The number of halogens is 1. The molecule has 1 aromatic rings. The van der Waals surface area contributed by atoms with Crippen molar-refractivity contribution in [1.82, 2.24) is 5.32 Å². The van der Waals surface area contributed by atoms with Crippen molar-refractivity contribution < 1.29 is 14.0 Å². The van der Waals surface area contributed by atoms with Gasteiger partial charge in [0.05, 0.1) is 12.5 Å². The van der Waals surface area contributed by atoms with Crippen LogP contribution in [0.5, 0.6) is 0 Å². The highest BCUT2D eigenvalue weighted by molar-refractivity contribution is 5.91. The number of benzene rings is 1. The van der Waals surface area contributed by atoms with E-state index in [1.165, 1.54) is 12.1 Å². The molecule has 17 heavy (non-hydrogen) atoms. The molecule has 1 atom stereocenters. The highest BCUT2D eigenvalue weighted by atomic mass is 19.1. The van der Waals surface area contributed by atoms with E-state index in [4.69, 9.17) is 0 Å². The van der Waals surface area contributed by atoms with Gasteiger partial charge in [-0.25, -0.2) is 4.39 Å². The Balaban J connectivity index is 1.91. The average Bonchev–Trinajstić information content (AvgIpc) is 2.64. The predicted octanol–water partition coefficient (Wildman–Crippen LogP) is 1.61. The number of hydrogen-bond donors (Lipinski definition) is 1. The zero-order valence-corrected chi connectivity index (χ0v) is 9.41. The summed E-state index contributed by atoms with van der Waals surface area (Å²) in [5.41, 5.74) is 0.618. The third-order valence-electron chi connectivity index (χ3n) is 2.89. The monoisotopic (exact) mass is 235 g/mol. The number of ketones is 1. The molecule has 0 aliphatic heterocycles. The van der Waals surface area contributed by atoms with E-state index in [1.54, 1.807) is 12.1 Å². The van der Waals surface area contributed by atoms with Gasteiger partial charge in [0, 0.05) is 6.42 Å². The lowest BCUT2D eigenvalue weighted by Gasteiger charge is -2.10. The number of hydrogen-bond acceptors (Lipinski definition) is 2. The Bertz CT molecular complexity index is 445. The molecule has 2 rings (SSSR count). The van der Waals surface area contributed by atoms with E-state index in [1.807, 2.05) is 0 Å². The van der Waals surface area contributed by atoms with Crippen molar-refractivity contribution in [1.29, 1.82) is 0 Å². The SMILES string of the molecule is O=C(Cc1cccc(F)c1)N[C@@H]1CCCC1=O. The summed E-state index contributed by atoms with van der Waals surface area (Å²) in [7, 11) is 0. The molecule has 1 aromatic carbocycles. The van der Waals surface area contributed by atoms with Crippen molar-refractivity contribution in [3.8, 4) is 0 Å². The summed E-state index contributed by atoms with van der Waals surface area (Å²) >= 11 is 0. The first-order chi connectivity index (χ1) is 8.15. The van der Waals surface area contributed by atoms with Gasteiger partial charge in [-0.2, -0.15) is 0 Å². The second-order valence-corrected chi connectivity index (χ2v) is 4.29.